The molecule has 0 spiro atoms. The number of nitrogens with two attached hydrogens (primary N) is 1. The molecule has 2 heterocycles. The summed E-state index contributed by atoms with van der Waals surface area (Å²) in [5, 5.41) is 2.18. The van der Waals surface area contributed by atoms with Gasteiger partial charge in [0.2, 0.25) is 5.91 Å². The normalized spacial score (nSPS) is 25.0. The van der Waals surface area contributed by atoms with E-state index in [-0.39, 0.29) is 12.5 Å². The molecule has 0 radical (unpaired) electrons. The molecule has 6 heteroatoms. The molecule has 2 aliphatic heterocycles. The second-order valence-corrected chi connectivity index (χ2v) is 6.76. The highest BCUT2D eigenvalue weighted by atomic mass is 16.2. The van der Waals surface area contributed by atoms with Crippen molar-refractivity contribution >= 4 is 11.9 Å². The molecular formula is C18H26N4O2. The molecule has 6 nitrogen and oxygen atoms in total. The van der Waals surface area contributed by atoms with Crippen molar-refractivity contribution in [1.29, 1.82) is 0 Å². The second-order valence-electron chi connectivity index (χ2n) is 6.76. The van der Waals surface area contributed by atoms with Crippen LogP contribution in [0.2, 0.25) is 0 Å². The summed E-state index contributed by atoms with van der Waals surface area (Å²) in [6, 6.07) is 10.6. The van der Waals surface area contributed by atoms with Gasteiger partial charge in [0.1, 0.15) is 0 Å². The summed E-state index contributed by atoms with van der Waals surface area (Å²) >= 11 is 0. The van der Waals surface area contributed by atoms with E-state index in [1.54, 1.807) is 0 Å². The quantitative estimate of drug-likeness (QED) is 0.853. The molecule has 0 aliphatic carbocycles. The number of benzene rings is 1. The minimum absolute atomic E-state index is 0.253. The van der Waals surface area contributed by atoms with Gasteiger partial charge in [-0.15, -0.1) is 0 Å². The van der Waals surface area contributed by atoms with E-state index in [9.17, 15) is 9.59 Å². The van der Waals surface area contributed by atoms with Crippen molar-refractivity contribution < 1.29 is 9.59 Å². The van der Waals surface area contributed by atoms with Gasteiger partial charge in [0.15, 0.2) is 0 Å². The number of carbonyl (C=O) groups excluding carboxylic acids is 2. The third-order valence-electron chi connectivity index (χ3n) is 5.11. The van der Waals surface area contributed by atoms with Gasteiger partial charge in [0, 0.05) is 18.6 Å². The standard InChI is InChI=1S/C18H26N4O2/c19-18(24)20-17(23)13-22-11-5-9-16(22)15-8-4-10-21(15)12-14-6-2-1-3-7-14/h1-3,6-7,15-16H,4-5,8-13H2,(H3,19,20,23,24)/t15-,16-/m1/s1. The number of urea groups is 1. The Kier molecular flexibility index (Phi) is 5.48. The summed E-state index contributed by atoms with van der Waals surface area (Å²) < 4.78 is 0. The lowest BCUT2D eigenvalue weighted by Crippen LogP contribution is -2.49. The molecule has 24 heavy (non-hydrogen) atoms. The molecule has 130 valence electrons. The number of primary amides is 1. The van der Waals surface area contributed by atoms with Crippen molar-refractivity contribution in [1.82, 2.24) is 15.1 Å². The lowest BCUT2D eigenvalue weighted by atomic mass is 10.0. The van der Waals surface area contributed by atoms with Crippen molar-refractivity contribution in [2.24, 2.45) is 5.73 Å². The highest BCUT2D eigenvalue weighted by molar-refractivity contribution is 5.94. The number of hydrogen-bond acceptors (Lipinski definition) is 4. The van der Waals surface area contributed by atoms with Gasteiger partial charge in [0.25, 0.3) is 0 Å². The lowest BCUT2D eigenvalue weighted by Gasteiger charge is -2.34. The van der Waals surface area contributed by atoms with Crippen LogP contribution in [0.3, 0.4) is 0 Å². The molecule has 2 atom stereocenters. The van der Waals surface area contributed by atoms with Crippen molar-refractivity contribution in [3.63, 3.8) is 0 Å². The molecule has 0 bridgehead atoms. The Morgan fingerprint density at radius 3 is 2.33 bits per heavy atom. The van der Waals surface area contributed by atoms with Crippen LogP contribution in [0.25, 0.3) is 0 Å². The van der Waals surface area contributed by atoms with Gasteiger partial charge in [-0.1, -0.05) is 30.3 Å². The van der Waals surface area contributed by atoms with E-state index in [1.165, 1.54) is 18.4 Å². The van der Waals surface area contributed by atoms with E-state index < -0.39 is 6.03 Å². The Morgan fingerprint density at radius 1 is 1.04 bits per heavy atom. The summed E-state index contributed by atoms with van der Waals surface area (Å²) in [6.07, 6.45) is 4.59. The van der Waals surface area contributed by atoms with E-state index in [0.29, 0.717) is 12.1 Å². The molecule has 2 fully saturated rings. The molecule has 3 N–H and O–H groups in total. The van der Waals surface area contributed by atoms with Gasteiger partial charge in [-0.3, -0.25) is 19.9 Å². The molecule has 1 aromatic rings. The van der Waals surface area contributed by atoms with Crippen molar-refractivity contribution in [2.75, 3.05) is 19.6 Å². The van der Waals surface area contributed by atoms with Gasteiger partial charge in [0.05, 0.1) is 6.54 Å². The average molecular weight is 330 g/mol. The fraction of sp³-hybridized carbons (Fsp3) is 0.556. The van der Waals surface area contributed by atoms with Gasteiger partial charge in [-0.2, -0.15) is 0 Å². The topological polar surface area (TPSA) is 78.7 Å². The molecular weight excluding hydrogens is 304 g/mol. The number of hydrogen-bond donors (Lipinski definition) is 2. The fourth-order valence-corrected chi connectivity index (χ4v) is 4.15. The number of rotatable bonds is 5. The molecule has 3 rings (SSSR count). The predicted octanol–water partition coefficient (Wildman–Crippen LogP) is 1.31. The Balaban J connectivity index is 1.62. The Bertz CT molecular complexity index is 578. The van der Waals surface area contributed by atoms with Gasteiger partial charge in [-0.25, -0.2) is 4.79 Å². The van der Waals surface area contributed by atoms with Crippen LogP contribution in [0.15, 0.2) is 30.3 Å². The smallest absolute Gasteiger partial charge is 0.318 e. The third-order valence-corrected chi connectivity index (χ3v) is 5.11. The Labute approximate surface area is 143 Å². The first kappa shape index (κ1) is 16.9. The number of likely N-dealkylation sites (tertiary alicyclic amines) is 2. The summed E-state index contributed by atoms with van der Waals surface area (Å²) in [6.45, 7) is 3.23. The minimum Gasteiger partial charge on any atom is -0.351 e. The van der Waals surface area contributed by atoms with E-state index in [2.05, 4.69) is 39.4 Å². The first-order chi connectivity index (χ1) is 11.6. The van der Waals surface area contributed by atoms with Crippen LogP contribution >= 0.6 is 0 Å². The van der Waals surface area contributed by atoms with Crippen molar-refractivity contribution in [2.45, 2.75) is 44.3 Å². The van der Waals surface area contributed by atoms with E-state index >= 15 is 0 Å². The van der Waals surface area contributed by atoms with Gasteiger partial charge in [-0.05, 0) is 44.3 Å². The monoisotopic (exact) mass is 330 g/mol. The number of nitrogens with one attached hydrogen (secondary N) is 1. The molecule has 0 unspecified atom stereocenters. The fourth-order valence-electron chi connectivity index (χ4n) is 4.15. The zero-order chi connectivity index (χ0) is 16.9. The maximum atomic E-state index is 11.9. The van der Waals surface area contributed by atoms with Crippen molar-refractivity contribution in [3.8, 4) is 0 Å². The first-order valence-electron chi connectivity index (χ1n) is 8.75. The Hall–Kier alpha value is -1.92. The third kappa shape index (κ3) is 4.13. The summed E-state index contributed by atoms with van der Waals surface area (Å²) in [5.74, 6) is -0.304. The van der Waals surface area contributed by atoms with Crippen molar-refractivity contribution in [3.05, 3.63) is 35.9 Å². The summed E-state index contributed by atoms with van der Waals surface area (Å²) in [5.41, 5.74) is 6.37. The van der Waals surface area contributed by atoms with Crippen LogP contribution in [0, 0.1) is 0 Å². The maximum Gasteiger partial charge on any atom is 0.318 e. The zero-order valence-electron chi connectivity index (χ0n) is 14.0. The number of imide groups is 1. The maximum absolute atomic E-state index is 11.9. The van der Waals surface area contributed by atoms with Gasteiger partial charge < -0.3 is 5.73 Å². The lowest BCUT2D eigenvalue weighted by molar-refractivity contribution is -0.121. The second kappa shape index (κ2) is 7.77. The van der Waals surface area contributed by atoms with Crippen LogP contribution in [0.1, 0.15) is 31.2 Å². The molecule has 2 aliphatic rings. The van der Waals surface area contributed by atoms with E-state index in [4.69, 9.17) is 5.73 Å². The van der Waals surface area contributed by atoms with Crippen LogP contribution in [-0.4, -0.2) is 53.5 Å². The molecule has 0 aromatic heterocycles. The first-order valence-corrected chi connectivity index (χ1v) is 8.75. The zero-order valence-corrected chi connectivity index (χ0v) is 14.0. The van der Waals surface area contributed by atoms with E-state index in [0.717, 1.165) is 32.5 Å². The molecule has 0 saturated carbocycles. The highest BCUT2D eigenvalue weighted by Crippen LogP contribution is 2.30. The van der Waals surface area contributed by atoms with Crippen LogP contribution in [-0.2, 0) is 11.3 Å². The Morgan fingerprint density at radius 2 is 1.67 bits per heavy atom. The highest BCUT2D eigenvalue weighted by Gasteiger charge is 2.38. The molecule has 2 saturated heterocycles. The van der Waals surface area contributed by atoms with Crippen LogP contribution < -0.4 is 11.1 Å². The SMILES string of the molecule is NC(=O)NC(=O)CN1CCC[C@@H]1[C@H]1CCCN1Cc1ccccc1. The van der Waals surface area contributed by atoms with Crippen LogP contribution in [0.5, 0.6) is 0 Å². The molecule has 1 aromatic carbocycles. The number of carbonyl (C=O) groups is 2. The summed E-state index contributed by atoms with van der Waals surface area (Å²) in [4.78, 5) is 27.5. The largest absolute Gasteiger partial charge is 0.351 e. The predicted molar refractivity (Wildman–Crippen MR) is 92.2 cm³/mol. The average Bonchev–Trinajstić information content (AvgIpc) is 3.16. The summed E-state index contributed by atoms with van der Waals surface area (Å²) in [7, 11) is 0. The number of amides is 3. The number of nitrogens with zero attached hydrogens (tertiary/aromatic N) is 2. The van der Waals surface area contributed by atoms with E-state index in [1.807, 2.05) is 6.07 Å². The molecule has 3 amide bonds. The van der Waals surface area contributed by atoms with Crippen LogP contribution in [0.4, 0.5) is 4.79 Å². The van der Waals surface area contributed by atoms with Gasteiger partial charge >= 0.3 is 6.03 Å². The minimum atomic E-state index is -0.776.